The molecule has 2 N–H and O–H groups in total. The van der Waals surface area contributed by atoms with E-state index in [0.717, 1.165) is 30.3 Å². The molecule has 3 rings (SSSR count). The molecule has 0 aliphatic carbocycles. The smallest absolute Gasteiger partial charge is 0.226 e. The van der Waals surface area contributed by atoms with Crippen molar-refractivity contribution in [3.8, 4) is 0 Å². The van der Waals surface area contributed by atoms with Gasteiger partial charge in [0, 0.05) is 25.5 Å². The molecule has 1 atom stereocenters. The highest BCUT2D eigenvalue weighted by atomic mass is 16.3. The lowest BCUT2D eigenvalue weighted by Gasteiger charge is -2.31. The number of fused-ring (bicyclic) bond motifs is 1. The number of aliphatic hydroxyl groups is 1. The zero-order valence-corrected chi connectivity index (χ0v) is 14.2. The number of hydrogen-bond donors (Lipinski definition) is 2. The van der Waals surface area contributed by atoms with Gasteiger partial charge in [-0.1, -0.05) is 13.0 Å². The number of nitrogens with zero attached hydrogens (tertiary/aromatic N) is 3. The Hall–Kier alpha value is -1.92. The molecule has 6 nitrogen and oxygen atoms in total. The zero-order chi connectivity index (χ0) is 16.9. The first-order valence-electron chi connectivity index (χ1n) is 8.70. The Morgan fingerprint density at radius 1 is 1.42 bits per heavy atom. The van der Waals surface area contributed by atoms with E-state index in [-0.39, 0.29) is 18.9 Å². The monoisotopic (exact) mass is 330 g/mol. The summed E-state index contributed by atoms with van der Waals surface area (Å²) >= 11 is 0. The Bertz CT molecular complexity index is 643. The van der Waals surface area contributed by atoms with E-state index in [2.05, 4.69) is 22.1 Å². The molecule has 1 aliphatic heterocycles. The minimum Gasteiger partial charge on any atom is -0.390 e. The molecule has 1 aliphatic rings. The summed E-state index contributed by atoms with van der Waals surface area (Å²) in [6, 6.07) is 5.75. The maximum absolute atomic E-state index is 12.0. The van der Waals surface area contributed by atoms with Gasteiger partial charge in [-0.25, -0.2) is 4.98 Å². The molecule has 1 unspecified atom stereocenters. The van der Waals surface area contributed by atoms with E-state index in [1.54, 1.807) is 0 Å². The highest BCUT2D eigenvalue weighted by molar-refractivity contribution is 5.78. The molecular formula is C18H26N4O2. The van der Waals surface area contributed by atoms with Gasteiger partial charge < -0.3 is 19.7 Å². The van der Waals surface area contributed by atoms with Crippen LogP contribution in [0.2, 0.25) is 0 Å². The van der Waals surface area contributed by atoms with E-state index >= 15 is 0 Å². The van der Waals surface area contributed by atoms with Crippen molar-refractivity contribution in [2.24, 2.45) is 5.92 Å². The Kier molecular flexibility index (Phi) is 5.48. The minimum absolute atomic E-state index is 0.107. The zero-order valence-electron chi connectivity index (χ0n) is 14.2. The Labute approximate surface area is 142 Å². The second kappa shape index (κ2) is 7.77. The molecule has 6 heteroatoms. The first-order chi connectivity index (χ1) is 11.6. The minimum atomic E-state index is -0.525. The summed E-state index contributed by atoms with van der Waals surface area (Å²) in [5, 5.41) is 12.9. The normalized spacial score (nSPS) is 17.9. The number of likely N-dealkylation sites (tertiary alicyclic amines) is 1. The van der Waals surface area contributed by atoms with E-state index < -0.39 is 6.10 Å². The molecule has 0 saturated carbocycles. The van der Waals surface area contributed by atoms with Crippen molar-refractivity contribution in [1.29, 1.82) is 0 Å². The molecule has 1 saturated heterocycles. The van der Waals surface area contributed by atoms with Crippen molar-refractivity contribution >= 4 is 11.6 Å². The number of imidazole rings is 1. The third-order valence-corrected chi connectivity index (χ3v) is 4.64. The Balaban J connectivity index is 1.41. The van der Waals surface area contributed by atoms with Gasteiger partial charge in [0.15, 0.2) is 0 Å². The van der Waals surface area contributed by atoms with Crippen LogP contribution < -0.4 is 5.32 Å². The largest absolute Gasteiger partial charge is 0.390 e. The number of carbonyl (C=O) groups excluding carboxylic acids is 1. The summed E-state index contributed by atoms with van der Waals surface area (Å²) in [5.74, 6) is 0.674. The lowest BCUT2D eigenvalue weighted by atomic mass is 9.99. The summed E-state index contributed by atoms with van der Waals surface area (Å²) in [7, 11) is 0. The summed E-state index contributed by atoms with van der Waals surface area (Å²) in [4.78, 5) is 18.7. The molecule has 0 bridgehead atoms. The number of aliphatic hydroxyl groups excluding tert-OH is 1. The fraction of sp³-hybridized carbons (Fsp3) is 0.556. The fourth-order valence-corrected chi connectivity index (χ4v) is 3.14. The second-order valence-corrected chi connectivity index (χ2v) is 6.82. The Morgan fingerprint density at radius 2 is 2.21 bits per heavy atom. The molecular weight excluding hydrogens is 304 g/mol. The quantitative estimate of drug-likeness (QED) is 0.832. The van der Waals surface area contributed by atoms with Gasteiger partial charge in [-0.05, 0) is 44.0 Å². The number of rotatable bonds is 6. The van der Waals surface area contributed by atoms with Crippen LogP contribution in [0, 0.1) is 5.92 Å². The maximum atomic E-state index is 12.0. The second-order valence-electron chi connectivity index (χ2n) is 6.82. The van der Waals surface area contributed by atoms with Gasteiger partial charge in [0.05, 0.1) is 18.2 Å². The van der Waals surface area contributed by atoms with Crippen LogP contribution in [0.1, 0.15) is 25.5 Å². The van der Waals surface area contributed by atoms with E-state index in [4.69, 9.17) is 0 Å². The predicted molar refractivity (Wildman–Crippen MR) is 92.8 cm³/mol. The summed E-state index contributed by atoms with van der Waals surface area (Å²) in [5.41, 5.74) is 1.57. The van der Waals surface area contributed by atoms with E-state index in [1.165, 1.54) is 12.8 Å². The molecule has 3 heterocycles. The maximum Gasteiger partial charge on any atom is 0.226 e. The molecule has 1 fully saturated rings. The van der Waals surface area contributed by atoms with Crippen LogP contribution in [0.3, 0.4) is 0 Å². The van der Waals surface area contributed by atoms with Crippen LogP contribution in [-0.4, -0.2) is 57.6 Å². The lowest BCUT2D eigenvalue weighted by Crippen LogP contribution is -2.43. The van der Waals surface area contributed by atoms with Crippen molar-refractivity contribution in [2.45, 2.75) is 32.3 Å². The first kappa shape index (κ1) is 16.9. The number of piperidine rings is 1. The standard InChI is InChI=1S/C18H26N4O2/c1-14-5-8-21(9-6-14)13-16(23)11-19-18(24)10-15-12-22-7-3-2-4-17(22)20-15/h2-4,7,12,14,16,23H,5-6,8-11,13H2,1H3,(H,19,24). The SMILES string of the molecule is CC1CCN(CC(O)CNC(=O)Cc2cn3ccccc3n2)CC1. The highest BCUT2D eigenvalue weighted by Gasteiger charge is 2.18. The van der Waals surface area contributed by atoms with Crippen molar-refractivity contribution < 1.29 is 9.90 Å². The number of nitrogens with one attached hydrogen (secondary N) is 1. The highest BCUT2D eigenvalue weighted by Crippen LogP contribution is 2.15. The van der Waals surface area contributed by atoms with Gasteiger partial charge in [-0.15, -0.1) is 0 Å². The number of aromatic nitrogens is 2. The summed E-state index contributed by atoms with van der Waals surface area (Å²) < 4.78 is 1.90. The van der Waals surface area contributed by atoms with Gasteiger partial charge in [0.2, 0.25) is 5.91 Å². The predicted octanol–water partition coefficient (Wildman–Crippen LogP) is 1.09. The molecule has 0 aromatic carbocycles. The average Bonchev–Trinajstić information content (AvgIpc) is 2.97. The van der Waals surface area contributed by atoms with Crippen molar-refractivity contribution in [2.75, 3.05) is 26.2 Å². The number of hydrogen-bond acceptors (Lipinski definition) is 4. The average molecular weight is 330 g/mol. The van der Waals surface area contributed by atoms with E-state index in [9.17, 15) is 9.90 Å². The molecule has 2 aromatic heterocycles. The van der Waals surface area contributed by atoms with Crippen LogP contribution in [0.15, 0.2) is 30.6 Å². The molecule has 24 heavy (non-hydrogen) atoms. The van der Waals surface area contributed by atoms with Gasteiger partial charge in [-0.3, -0.25) is 4.79 Å². The molecule has 1 amide bonds. The topological polar surface area (TPSA) is 69.9 Å². The van der Waals surface area contributed by atoms with Crippen LogP contribution in [-0.2, 0) is 11.2 Å². The van der Waals surface area contributed by atoms with Crippen molar-refractivity contribution in [3.63, 3.8) is 0 Å². The third kappa shape index (κ3) is 4.55. The van der Waals surface area contributed by atoms with Gasteiger partial charge in [0.1, 0.15) is 5.65 Å². The molecule has 0 radical (unpaired) electrons. The van der Waals surface area contributed by atoms with Gasteiger partial charge >= 0.3 is 0 Å². The van der Waals surface area contributed by atoms with E-state index in [0.29, 0.717) is 6.54 Å². The van der Waals surface area contributed by atoms with Crippen LogP contribution in [0.4, 0.5) is 0 Å². The summed E-state index contributed by atoms with van der Waals surface area (Å²) in [6.45, 7) is 5.26. The van der Waals surface area contributed by atoms with Crippen molar-refractivity contribution in [3.05, 3.63) is 36.3 Å². The molecule has 0 spiro atoms. The van der Waals surface area contributed by atoms with Crippen molar-refractivity contribution in [1.82, 2.24) is 19.6 Å². The number of β-amino-alcohol motifs (C(OH)–C–C–N with tert-alkyl or cyclic N) is 1. The lowest BCUT2D eigenvalue weighted by molar-refractivity contribution is -0.121. The molecule has 130 valence electrons. The fourth-order valence-electron chi connectivity index (χ4n) is 3.14. The third-order valence-electron chi connectivity index (χ3n) is 4.64. The number of amides is 1. The van der Waals surface area contributed by atoms with Gasteiger partial charge in [0.25, 0.3) is 0 Å². The van der Waals surface area contributed by atoms with Crippen LogP contribution >= 0.6 is 0 Å². The van der Waals surface area contributed by atoms with Gasteiger partial charge in [-0.2, -0.15) is 0 Å². The first-order valence-corrected chi connectivity index (χ1v) is 8.70. The summed E-state index contributed by atoms with van der Waals surface area (Å²) in [6.07, 6.45) is 5.85. The van der Waals surface area contributed by atoms with Crippen LogP contribution in [0.25, 0.3) is 5.65 Å². The van der Waals surface area contributed by atoms with E-state index in [1.807, 2.05) is 35.0 Å². The number of carbonyl (C=O) groups is 1. The molecule has 2 aromatic rings. The number of pyridine rings is 1. The van der Waals surface area contributed by atoms with Crippen LogP contribution in [0.5, 0.6) is 0 Å². The Morgan fingerprint density at radius 3 is 2.96 bits per heavy atom.